The molecular formula is C11H20N4O2S. The largest absolute Gasteiger partial charge is 0.308 e. The Bertz CT molecular complexity index is 509. The van der Waals surface area contributed by atoms with E-state index in [-0.39, 0.29) is 6.04 Å². The van der Waals surface area contributed by atoms with Gasteiger partial charge in [0.25, 0.3) is 0 Å². The zero-order valence-electron chi connectivity index (χ0n) is 11.1. The van der Waals surface area contributed by atoms with Crippen molar-refractivity contribution in [2.75, 3.05) is 26.9 Å². The second-order valence-electron chi connectivity index (χ2n) is 5.06. The Morgan fingerprint density at radius 1 is 1.50 bits per heavy atom. The second-order valence-corrected chi connectivity index (χ2v) is 6.99. The first-order chi connectivity index (χ1) is 8.38. The van der Waals surface area contributed by atoms with Crippen molar-refractivity contribution in [3.05, 3.63) is 18.0 Å². The third-order valence-electron chi connectivity index (χ3n) is 3.21. The molecule has 7 heteroatoms. The van der Waals surface area contributed by atoms with Crippen LogP contribution in [0, 0.1) is 0 Å². The molecule has 0 amide bonds. The van der Waals surface area contributed by atoms with Gasteiger partial charge >= 0.3 is 0 Å². The molecule has 0 saturated heterocycles. The van der Waals surface area contributed by atoms with Crippen LogP contribution in [0.5, 0.6) is 0 Å². The van der Waals surface area contributed by atoms with E-state index in [1.807, 2.05) is 29.7 Å². The van der Waals surface area contributed by atoms with Gasteiger partial charge in [-0.2, -0.15) is 9.40 Å². The minimum Gasteiger partial charge on any atom is -0.308 e. The maximum Gasteiger partial charge on any atom is 0.211 e. The van der Waals surface area contributed by atoms with E-state index in [9.17, 15) is 8.42 Å². The molecule has 1 aromatic heterocycles. The van der Waals surface area contributed by atoms with E-state index in [1.165, 1.54) is 6.26 Å². The Balaban J connectivity index is 2.29. The Kier molecular flexibility index (Phi) is 3.74. The van der Waals surface area contributed by atoms with Gasteiger partial charge in [0.05, 0.1) is 18.5 Å². The molecule has 6 nitrogen and oxygen atoms in total. The van der Waals surface area contributed by atoms with Crippen LogP contribution in [0.25, 0.3) is 0 Å². The molecule has 0 radical (unpaired) electrons. The summed E-state index contributed by atoms with van der Waals surface area (Å²) in [6, 6.07) is 1.90. The number of nitrogens with zero attached hydrogens (tertiary/aromatic N) is 4. The summed E-state index contributed by atoms with van der Waals surface area (Å²) in [6.45, 7) is 1.92. The number of sulfonamides is 1. The molecule has 1 aliphatic rings. The van der Waals surface area contributed by atoms with Crippen molar-refractivity contribution in [3.63, 3.8) is 0 Å². The number of likely N-dealkylation sites (N-methyl/N-ethyl adjacent to an activating group) is 1. The first-order valence-electron chi connectivity index (χ1n) is 6.00. The van der Waals surface area contributed by atoms with Crippen LogP contribution < -0.4 is 0 Å². The zero-order chi connectivity index (χ0) is 13.3. The van der Waals surface area contributed by atoms with Gasteiger partial charge in [-0.05, 0) is 26.6 Å². The first-order valence-corrected chi connectivity index (χ1v) is 7.85. The molecule has 0 N–H and O–H groups in total. The van der Waals surface area contributed by atoms with E-state index in [4.69, 9.17) is 0 Å². The summed E-state index contributed by atoms with van der Waals surface area (Å²) in [4.78, 5) is 2.02. The quantitative estimate of drug-likeness (QED) is 0.776. The fraction of sp³-hybridized carbons (Fsp3) is 0.727. The van der Waals surface area contributed by atoms with E-state index in [0.717, 1.165) is 25.2 Å². The SMILES string of the molecule is CN(C)C[C@H]1CCn2nccc2CN1S(C)(=O)=O. The fourth-order valence-corrected chi connectivity index (χ4v) is 3.47. The van der Waals surface area contributed by atoms with Gasteiger partial charge in [0, 0.05) is 25.3 Å². The molecule has 0 spiro atoms. The molecule has 1 atom stereocenters. The fourth-order valence-electron chi connectivity index (χ4n) is 2.39. The Labute approximate surface area is 108 Å². The third kappa shape index (κ3) is 2.90. The highest BCUT2D eigenvalue weighted by Gasteiger charge is 2.30. The van der Waals surface area contributed by atoms with Crippen LogP contribution >= 0.6 is 0 Å². The van der Waals surface area contributed by atoms with E-state index < -0.39 is 10.0 Å². The second kappa shape index (κ2) is 4.99. The van der Waals surface area contributed by atoms with Crippen LogP contribution in [-0.4, -0.2) is 60.3 Å². The molecule has 0 saturated carbocycles. The average molecular weight is 272 g/mol. The highest BCUT2D eigenvalue weighted by atomic mass is 32.2. The number of rotatable bonds is 3. The maximum atomic E-state index is 11.9. The Hall–Kier alpha value is -0.920. The lowest BCUT2D eigenvalue weighted by Gasteiger charge is -2.29. The normalized spacial score (nSPS) is 21.9. The molecule has 2 rings (SSSR count). The molecule has 1 aliphatic heterocycles. The van der Waals surface area contributed by atoms with Crippen molar-refractivity contribution in [2.45, 2.75) is 25.6 Å². The molecule has 18 heavy (non-hydrogen) atoms. The molecule has 0 fully saturated rings. The van der Waals surface area contributed by atoms with Gasteiger partial charge in [-0.15, -0.1) is 0 Å². The van der Waals surface area contributed by atoms with Crippen molar-refractivity contribution >= 4 is 10.0 Å². The van der Waals surface area contributed by atoms with Crippen molar-refractivity contribution in [1.29, 1.82) is 0 Å². The van der Waals surface area contributed by atoms with Gasteiger partial charge in [0.1, 0.15) is 0 Å². The smallest absolute Gasteiger partial charge is 0.211 e. The maximum absolute atomic E-state index is 11.9. The summed E-state index contributed by atoms with van der Waals surface area (Å²) >= 11 is 0. The molecule has 102 valence electrons. The summed E-state index contributed by atoms with van der Waals surface area (Å²) in [5, 5.41) is 4.23. The minimum absolute atomic E-state index is 0.0108. The van der Waals surface area contributed by atoms with Gasteiger partial charge < -0.3 is 4.90 Å². The average Bonchev–Trinajstić information content (AvgIpc) is 2.60. The molecule has 0 aliphatic carbocycles. The van der Waals surface area contributed by atoms with Gasteiger partial charge in [0.2, 0.25) is 10.0 Å². The van der Waals surface area contributed by atoms with Crippen molar-refractivity contribution in [1.82, 2.24) is 19.0 Å². The van der Waals surface area contributed by atoms with Crippen molar-refractivity contribution in [3.8, 4) is 0 Å². The highest BCUT2D eigenvalue weighted by molar-refractivity contribution is 7.88. The molecule has 0 aromatic carbocycles. The highest BCUT2D eigenvalue weighted by Crippen LogP contribution is 2.20. The van der Waals surface area contributed by atoms with Crippen LogP contribution in [0.2, 0.25) is 0 Å². The van der Waals surface area contributed by atoms with Crippen molar-refractivity contribution in [2.24, 2.45) is 0 Å². The summed E-state index contributed by atoms with van der Waals surface area (Å²) < 4.78 is 27.4. The number of hydrogen-bond acceptors (Lipinski definition) is 4. The lowest BCUT2D eigenvalue weighted by molar-refractivity contribution is 0.240. The molecule has 1 aromatic rings. The van der Waals surface area contributed by atoms with Crippen LogP contribution in [0.1, 0.15) is 12.1 Å². The number of aryl methyl sites for hydroxylation is 1. The summed E-state index contributed by atoms with van der Waals surface area (Å²) in [6.07, 6.45) is 3.80. The van der Waals surface area contributed by atoms with Gasteiger partial charge in [-0.25, -0.2) is 8.42 Å². The molecule has 0 bridgehead atoms. The van der Waals surface area contributed by atoms with Crippen LogP contribution in [0.3, 0.4) is 0 Å². The predicted molar refractivity (Wildman–Crippen MR) is 69.6 cm³/mol. The summed E-state index contributed by atoms with van der Waals surface area (Å²) in [7, 11) is 0.725. The Morgan fingerprint density at radius 2 is 2.22 bits per heavy atom. The standard InChI is InChI=1S/C11H20N4O2S/c1-13(2)8-11-5-7-14-10(4-6-12-14)9-15(11)18(3,16)17/h4,6,11H,5,7-9H2,1-3H3/t11-/m1/s1. The molecule has 0 unspecified atom stereocenters. The number of fused-ring (bicyclic) bond motifs is 1. The van der Waals surface area contributed by atoms with Crippen LogP contribution in [0.15, 0.2) is 12.3 Å². The van der Waals surface area contributed by atoms with E-state index in [2.05, 4.69) is 5.10 Å². The molecule has 2 heterocycles. The summed E-state index contributed by atoms with van der Waals surface area (Å²) in [5.41, 5.74) is 0.960. The molecular weight excluding hydrogens is 252 g/mol. The van der Waals surface area contributed by atoms with E-state index >= 15 is 0 Å². The first kappa shape index (κ1) is 13.5. The third-order valence-corrected chi connectivity index (χ3v) is 4.48. The Morgan fingerprint density at radius 3 is 2.83 bits per heavy atom. The van der Waals surface area contributed by atoms with Crippen LogP contribution in [0.4, 0.5) is 0 Å². The number of aromatic nitrogens is 2. The van der Waals surface area contributed by atoms with Crippen molar-refractivity contribution < 1.29 is 8.42 Å². The zero-order valence-corrected chi connectivity index (χ0v) is 11.9. The topological polar surface area (TPSA) is 58.4 Å². The van der Waals surface area contributed by atoms with Gasteiger partial charge in [0.15, 0.2) is 0 Å². The monoisotopic (exact) mass is 272 g/mol. The lowest BCUT2D eigenvalue weighted by atomic mass is 10.2. The van der Waals surface area contributed by atoms with E-state index in [0.29, 0.717) is 6.54 Å². The summed E-state index contributed by atoms with van der Waals surface area (Å²) in [5.74, 6) is 0. The van der Waals surface area contributed by atoms with Gasteiger partial charge in [-0.1, -0.05) is 0 Å². The van der Waals surface area contributed by atoms with E-state index in [1.54, 1.807) is 10.5 Å². The lowest BCUT2D eigenvalue weighted by Crippen LogP contribution is -2.43. The minimum atomic E-state index is -3.20. The predicted octanol–water partition coefficient (Wildman–Crippen LogP) is -0.0214. The van der Waals surface area contributed by atoms with Gasteiger partial charge in [-0.3, -0.25) is 4.68 Å². The number of hydrogen-bond donors (Lipinski definition) is 0. The van der Waals surface area contributed by atoms with Crippen LogP contribution in [-0.2, 0) is 23.1 Å².